The monoisotopic (exact) mass is 491 g/mol. The minimum absolute atomic E-state index is 0.140. The van der Waals surface area contributed by atoms with Gasteiger partial charge in [-0.25, -0.2) is 0 Å². The fourth-order valence-corrected chi connectivity index (χ4v) is 5.00. The van der Waals surface area contributed by atoms with Gasteiger partial charge in [0.15, 0.2) is 0 Å². The van der Waals surface area contributed by atoms with Crippen LogP contribution in [0.1, 0.15) is 53.2 Å². The van der Waals surface area contributed by atoms with Crippen LogP contribution in [0.25, 0.3) is 33.1 Å². The molecule has 0 spiro atoms. The number of H-pyrrole nitrogens is 1. The number of aryl methyl sites for hydroxylation is 2. The summed E-state index contributed by atoms with van der Waals surface area (Å²) in [6.45, 7) is 5.77. The van der Waals surface area contributed by atoms with Crippen molar-refractivity contribution >= 4 is 27.8 Å². The molecule has 2 N–H and O–H groups in total. The Balaban J connectivity index is 1.68. The summed E-state index contributed by atoms with van der Waals surface area (Å²) in [4.78, 5) is 25.5. The molecule has 2 aromatic carbocycles. The number of carbonyl (C=O) groups is 1. The molecule has 1 saturated carbocycles. The van der Waals surface area contributed by atoms with E-state index in [9.17, 15) is 10.1 Å². The van der Waals surface area contributed by atoms with Crippen molar-refractivity contribution in [2.45, 2.75) is 45.7 Å². The molecule has 1 aliphatic rings. The summed E-state index contributed by atoms with van der Waals surface area (Å²) in [6.07, 6.45) is 5.62. The van der Waals surface area contributed by atoms with Crippen LogP contribution in [0.4, 0.5) is 0 Å². The molecule has 184 valence electrons. The first-order valence-electron chi connectivity index (χ1n) is 12.2. The van der Waals surface area contributed by atoms with Gasteiger partial charge in [-0.05, 0) is 51.3 Å². The minimum Gasteiger partial charge on any atom is -0.361 e. The molecule has 1 amide bonds. The Morgan fingerprint density at radius 3 is 2.73 bits per heavy atom. The topological polar surface area (TPSA) is 125 Å². The zero-order valence-electron chi connectivity index (χ0n) is 20.7. The second-order valence-corrected chi connectivity index (χ2v) is 9.50. The number of aromatic amines is 1. The molecule has 6 rings (SSSR count). The zero-order chi connectivity index (χ0) is 25.7. The quantitative estimate of drug-likeness (QED) is 0.346. The number of pyridine rings is 1. The summed E-state index contributed by atoms with van der Waals surface area (Å²) in [6, 6.07) is 13.9. The van der Waals surface area contributed by atoms with Crippen molar-refractivity contribution in [1.29, 1.82) is 5.26 Å². The van der Waals surface area contributed by atoms with Crippen LogP contribution in [0.2, 0.25) is 0 Å². The number of hydrogen-bond acceptors (Lipinski definition) is 6. The van der Waals surface area contributed by atoms with Gasteiger partial charge in [-0.2, -0.15) is 5.26 Å². The Labute approximate surface area is 212 Å². The van der Waals surface area contributed by atoms with Crippen LogP contribution in [0.3, 0.4) is 0 Å². The molecule has 3 aromatic heterocycles. The van der Waals surface area contributed by atoms with E-state index in [2.05, 4.69) is 27.4 Å². The van der Waals surface area contributed by atoms with Gasteiger partial charge >= 0.3 is 0 Å². The maximum Gasteiger partial charge on any atom is 0.252 e. The standard InChI is InChI=1S/C28H25N7O2/c1-15-25(17(3)37-34-15)20-12-23-22(11-21(20)27(36)32-19-9-10-19)26-24(13-30-23)33-28(31-14-29)35(26)16(2)18-7-5-4-6-8-18/h4-8,11-13,16,19H,9-10H2,1-3H3,(H,31,33)(H,32,36)/t16-/m1/s1. The fraction of sp³-hybridized carbons (Fsp3) is 0.250. The first kappa shape index (κ1) is 22.7. The molecule has 0 bridgehead atoms. The van der Waals surface area contributed by atoms with E-state index in [1.807, 2.05) is 67.1 Å². The van der Waals surface area contributed by atoms with Crippen LogP contribution < -0.4 is 10.9 Å². The predicted octanol–water partition coefficient (Wildman–Crippen LogP) is 4.67. The van der Waals surface area contributed by atoms with Crippen LogP contribution in [-0.2, 0) is 0 Å². The van der Waals surface area contributed by atoms with Crippen molar-refractivity contribution in [3.8, 4) is 17.3 Å². The van der Waals surface area contributed by atoms with Gasteiger partial charge in [0.05, 0.1) is 34.5 Å². The number of hydrogen-bond donors (Lipinski definition) is 2. The van der Waals surface area contributed by atoms with Crippen LogP contribution >= 0.6 is 0 Å². The van der Waals surface area contributed by atoms with Gasteiger partial charge in [0.2, 0.25) is 11.8 Å². The molecule has 0 radical (unpaired) electrons. The number of nitriles is 1. The van der Waals surface area contributed by atoms with E-state index in [-0.39, 0.29) is 18.0 Å². The third kappa shape index (κ3) is 3.87. The van der Waals surface area contributed by atoms with E-state index < -0.39 is 0 Å². The van der Waals surface area contributed by atoms with Crippen LogP contribution in [-0.4, -0.2) is 31.6 Å². The van der Waals surface area contributed by atoms with Crippen LogP contribution in [0.5, 0.6) is 0 Å². The number of amides is 1. The number of fused-ring (bicyclic) bond motifs is 3. The highest BCUT2D eigenvalue weighted by atomic mass is 16.5. The van der Waals surface area contributed by atoms with Gasteiger partial charge in [-0.1, -0.05) is 35.5 Å². The number of aromatic nitrogens is 4. The van der Waals surface area contributed by atoms with E-state index in [0.29, 0.717) is 28.2 Å². The molecule has 9 heteroatoms. The van der Waals surface area contributed by atoms with E-state index in [1.54, 1.807) is 6.20 Å². The summed E-state index contributed by atoms with van der Waals surface area (Å²) >= 11 is 0. The lowest BCUT2D eigenvalue weighted by Crippen LogP contribution is -2.26. The van der Waals surface area contributed by atoms with Crippen molar-refractivity contribution in [3.63, 3.8) is 0 Å². The van der Waals surface area contributed by atoms with Gasteiger partial charge in [-0.15, -0.1) is 4.99 Å². The molecular formula is C28H25N7O2. The Morgan fingerprint density at radius 1 is 1.27 bits per heavy atom. The molecule has 0 saturated heterocycles. The third-order valence-electron chi connectivity index (χ3n) is 6.98. The fourth-order valence-electron chi connectivity index (χ4n) is 5.00. The lowest BCUT2D eigenvalue weighted by molar-refractivity contribution is 0.0952. The number of rotatable bonds is 5. The average molecular weight is 492 g/mol. The van der Waals surface area contributed by atoms with Gasteiger partial charge in [0.25, 0.3) is 5.91 Å². The molecule has 9 nitrogen and oxygen atoms in total. The Bertz CT molecular complexity index is 1760. The van der Waals surface area contributed by atoms with Crippen LogP contribution in [0.15, 0.2) is 58.2 Å². The van der Waals surface area contributed by atoms with Crippen molar-refractivity contribution in [1.82, 2.24) is 25.0 Å². The first-order valence-corrected chi connectivity index (χ1v) is 12.2. The summed E-state index contributed by atoms with van der Waals surface area (Å²) in [5, 5.41) is 17.4. The molecule has 37 heavy (non-hydrogen) atoms. The zero-order valence-corrected chi connectivity index (χ0v) is 20.7. The average Bonchev–Trinajstić information content (AvgIpc) is 3.55. The van der Waals surface area contributed by atoms with E-state index in [1.165, 1.54) is 0 Å². The molecular weight excluding hydrogens is 466 g/mol. The van der Waals surface area contributed by atoms with Crippen LogP contribution in [0, 0.1) is 25.3 Å². The van der Waals surface area contributed by atoms with Gasteiger partial charge in [0, 0.05) is 28.1 Å². The highest BCUT2D eigenvalue weighted by Gasteiger charge is 2.28. The number of benzene rings is 2. The Morgan fingerprint density at radius 2 is 2.05 bits per heavy atom. The maximum atomic E-state index is 13.5. The Hall–Kier alpha value is -4.71. The van der Waals surface area contributed by atoms with E-state index in [4.69, 9.17) is 9.51 Å². The van der Waals surface area contributed by atoms with Crippen molar-refractivity contribution in [2.75, 3.05) is 0 Å². The summed E-state index contributed by atoms with van der Waals surface area (Å²) in [5.41, 5.74) is 6.50. The van der Waals surface area contributed by atoms with Gasteiger partial charge in [0.1, 0.15) is 5.76 Å². The highest BCUT2D eigenvalue weighted by molar-refractivity contribution is 6.10. The molecule has 1 atom stereocenters. The minimum atomic E-state index is -0.142. The van der Waals surface area contributed by atoms with E-state index >= 15 is 0 Å². The molecule has 5 aromatic rings. The van der Waals surface area contributed by atoms with Crippen molar-refractivity contribution in [3.05, 3.63) is 76.9 Å². The predicted molar refractivity (Wildman–Crippen MR) is 138 cm³/mol. The largest absolute Gasteiger partial charge is 0.361 e. The lowest BCUT2D eigenvalue weighted by Gasteiger charge is -2.17. The summed E-state index contributed by atoms with van der Waals surface area (Å²) in [5.74, 6) is 0.499. The molecule has 3 heterocycles. The van der Waals surface area contributed by atoms with E-state index in [0.717, 1.165) is 46.0 Å². The van der Waals surface area contributed by atoms with Gasteiger partial charge < -0.3 is 19.4 Å². The first-order chi connectivity index (χ1) is 18.0. The molecule has 0 unspecified atom stereocenters. The second kappa shape index (κ2) is 8.75. The number of carbonyl (C=O) groups excluding carboxylic acids is 1. The Kier molecular flexibility index (Phi) is 5.37. The molecule has 1 aliphatic carbocycles. The summed E-state index contributed by atoms with van der Waals surface area (Å²) < 4.78 is 7.43. The van der Waals surface area contributed by atoms with Gasteiger partial charge in [-0.3, -0.25) is 9.78 Å². The number of imidazole rings is 1. The van der Waals surface area contributed by atoms with Crippen molar-refractivity contribution < 1.29 is 9.32 Å². The SMILES string of the molecule is Cc1noc(C)c1-c1cc2ncc3[nH]c(=NC#N)n([C@H](C)c4ccccc4)c3c2cc1C(=O)NC1CC1. The third-order valence-corrected chi connectivity index (χ3v) is 6.98. The number of nitrogens with zero attached hydrogens (tertiary/aromatic N) is 5. The lowest BCUT2D eigenvalue weighted by atomic mass is 9.95. The summed E-state index contributed by atoms with van der Waals surface area (Å²) in [7, 11) is 0. The highest BCUT2D eigenvalue weighted by Crippen LogP contribution is 2.36. The molecule has 0 aliphatic heterocycles. The normalized spacial score (nSPS) is 14.7. The van der Waals surface area contributed by atoms with Crippen molar-refractivity contribution in [2.24, 2.45) is 4.99 Å². The number of nitrogens with one attached hydrogen (secondary N) is 2. The maximum absolute atomic E-state index is 13.5. The molecule has 1 fully saturated rings. The second-order valence-electron chi connectivity index (χ2n) is 9.50. The smallest absolute Gasteiger partial charge is 0.252 e.